The summed E-state index contributed by atoms with van der Waals surface area (Å²) in [5, 5.41) is 3.29. The van der Waals surface area contributed by atoms with E-state index in [1.54, 1.807) is 7.05 Å². The molecule has 0 saturated heterocycles. The molecule has 1 unspecified atom stereocenters. The minimum absolute atomic E-state index is 0. The smallest absolute Gasteiger partial charge is 0.193 e. The first kappa shape index (κ1) is 22.4. The third-order valence-electron chi connectivity index (χ3n) is 3.50. The molecule has 0 aromatic heterocycles. The van der Waals surface area contributed by atoms with E-state index in [9.17, 15) is 4.21 Å². The topological polar surface area (TPSA) is 44.7 Å². The molecular formula is C17H30IN3OS. The molecule has 0 aliphatic heterocycles. The lowest BCUT2D eigenvalue weighted by Crippen LogP contribution is -2.41. The van der Waals surface area contributed by atoms with Crippen molar-refractivity contribution in [2.24, 2.45) is 4.99 Å². The van der Waals surface area contributed by atoms with Crippen LogP contribution in [0.5, 0.6) is 0 Å². The van der Waals surface area contributed by atoms with Crippen LogP contribution in [0.3, 0.4) is 0 Å². The van der Waals surface area contributed by atoms with Crippen LogP contribution in [0.2, 0.25) is 0 Å². The average Bonchev–Trinajstić information content (AvgIpc) is 2.44. The molecular weight excluding hydrogens is 421 g/mol. The van der Waals surface area contributed by atoms with Gasteiger partial charge in [0.1, 0.15) is 0 Å². The summed E-state index contributed by atoms with van der Waals surface area (Å²) in [6.07, 6.45) is 0. The van der Waals surface area contributed by atoms with E-state index in [0.29, 0.717) is 12.3 Å². The molecule has 0 aliphatic rings. The Morgan fingerprint density at radius 2 is 1.91 bits per heavy atom. The van der Waals surface area contributed by atoms with Crippen LogP contribution in [-0.2, 0) is 17.3 Å². The first-order valence-electron chi connectivity index (χ1n) is 7.60. The van der Waals surface area contributed by atoms with Crippen molar-refractivity contribution in [1.29, 1.82) is 0 Å². The van der Waals surface area contributed by atoms with Gasteiger partial charge in [-0.3, -0.25) is 9.20 Å². The van der Waals surface area contributed by atoms with Gasteiger partial charge in [-0.15, -0.1) is 24.0 Å². The summed E-state index contributed by atoms with van der Waals surface area (Å²) in [7, 11) is 2.94. The van der Waals surface area contributed by atoms with Crippen molar-refractivity contribution in [1.82, 2.24) is 10.2 Å². The molecule has 0 amide bonds. The van der Waals surface area contributed by atoms with Gasteiger partial charge in [0, 0.05) is 48.5 Å². The zero-order valence-corrected chi connectivity index (χ0v) is 18.2. The highest BCUT2D eigenvalue weighted by atomic mass is 127. The largest absolute Gasteiger partial charge is 0.355 e. The van der Waals surface area contributed by atoms with E-state index in [1.165, 1.54) is 11.1 Å². The molecule has 0 radical (unpaired) electrons. The summed E-state index contributed by atoms with van der Waals surface area (Å²) in [5.74, 6) is 1.45. The Hall–Kier alpha value is -0.630. The summed E-state index contributed by atoms with van der Waals surface area (Å²) in [5.41, 5.74) is 2.56. The van der Waals surface area contributed by atoms with Crippen LogP contribution in [-0.4, -0.2) is 46.2 Å². The average molecular weight is 451 g/mol. The zero-order valence-electron chi connectivity index (χ0n) is 15.0. The van der Waals surface area contributed by atoms with Gasteiger partial charge in [-0.05, 0) is 38.8 Å². The van der Waals surface area contributed by atoms with Crippen LogP contribution < -0.4 is 5.32 Å². The Bertz CT molecular complexity index is 541. The molecule has 1 aromatic rings. The van der Waals surface area contributed by atoms with E-state index in [0.717, 1.165) is 12.5 Å². The lowest BCUT2D eigenvalue weighted by atomic mass is 10.1. The number of rotatable bonds is 5. The van der Waals surface area contributed by atoms with Crippen molar-refractivity contribution >= 4 is 40.7 Å². The van der Waals surface area contributed by atoms with Crippen molar-refractivity contribution in [2.45, 2.75) is 39.0 Å². The normalized spacial score (nSPS) is 13.2. The number of nitrogens with zero attached hydrogens (tertiary/aromatic N) is 2. The van der Waals surface area contributed by atoms with Gasteiger partial charge < -0.3 is 10.2 Å². The second kappa shape index (κ2) is 10.3. The number of hydrogen-bond acceptors (Lipinski definition) is 2. The number of guanidine groups is 1. The fourth-order valence-corrected chi connectivity index (χ4v) is 2.96. The van der Waals surface area contributed by atoms with Crippen molar-refractivity contribution in [3.05, 3.63) is 35.4 Å². The number of aliphatic imine (C=N–C) groups is 1. The highest BCUT2D eigenvalue weighted by Crippen LogP contribution is 2.11. The Morgan fingerprint density at radius 3 is 2.43 bits per heavy atom. The second-order valence-electron chi connectivity index (χ2n) is 6.42. The summed E-state index contributed by atoms with van der Waals surface area (Å²) in [6.45, 7) is 9.59. The Kier molecular flexibility index (Phi) is 10.00. The first-order valence-corrected chi connectivity index (χ1v) is 8.92. The zero-order chi connectivity index (χ0) is 16.8. The number of benzene rings is 1. The molecule has 4 nitrogen and oxygen atoms in total. The molecule has 1 N–H and O–H groups in total. The molecule has 6 heteroatoms. The van der Waals surface area contributed by atoms with Gasteiger partial charge in [-0.1, -0.05) is 24.3 Å². The van der Waals surface area contributed by atoms with Crippen molar-refractivity contribution in [3.8, 4) is 0 Å². The van der Waals surface area contributed by atoms with Crippen LogP contribution in [0.1, 0.15) is 31.9 Å². The second-order valence-corrected chi connectivity index (χ2v) is 8.74. The van der Waals surface area contributed by atoms with Gasteiger partial charge in [0.25, 0.3) is 0 Å². The number of halogens is 1. The fraction of sp³-hybridized carbons (Fsp3) is 0.588. The quantitative estimate of drug-likeness (QED) is 0.425. The van der Waals surface area contributed by atoms with Crippen LogP contribution in [0.15, 0.2) is 29.3 Å². The predicted molar refractivity (Wildman–Crippen MR) is 112 cm³/mol. The van der Waals surface area contributed by atoms with Crippen molar-refractivity contribution < 1.29 is 4.21 Å². The van der Waals surface area contributed by atoms with Gasteiger partial charge in [0.15, 0.2) is 5.96 Å². The van der Waals surface area contributed by atoms with E-state index < -0.39 is 10.8 Å². The molecule has 1 rings (SSSR count). The van der Waals surface area contributed by atoms with Crippen LogP contribution in [0.4, 0.5) is 0 Å². The van der Waals surface area contributed by atoms with Crippen LogP contribution in [0, 0.1) is 6.92 Å². The summed E-state index contributed by atoms with van der Waals surface area (Å²) in [6, 6.07) is 8.35. The van der Waals surface area contributed by atoms with E-state index in [2.05, 4.69) is 40.3 Å². The minimum Gasteiger partial charge on any atom is -0.355 e. The Morgan fingerprint density at radius 1 is 1.30 bits per heavy atom. The molecule has 132 valence electrons. The third kappa shape index (κ3) is 7.65. The maximum absolute atomic E-state index is 12.1. The molecule has 0 aliphatic carbocycles. The summed E-state index contributed by atoms with van der Waals surface area (Å²) in [4.78, 5) is 6.39. The van der Waals surface area contributed by atoms with Crippen molar-refractivity contribution in [3.63, 3.8) is 0 Å². The Balaban J connectivity index is 0.00000484. The SMILES string of the molecule is CN=C(NCCS(=O)C(C)(C)C)N(C)Cc1ccccc1C.I. The van der Waals surface area contributed by atoms with E-state index in [1.807, 2.05) is 33.9 Å². The molecule has 0 heterocycles. The number of nitrogens with one attached hydrogen (secondary N) is 1. The van der Waals surface area contributed by atoms with Crippen LogP contribution >= 0.6 is 24.0 Å². The van der Waals surface area contributed by atoms with Crippen molar-refractivity contribution in [2.75, 3.05) is 26.4 Å². The monoisotopic (exact) mass is 451 g/mol. The third-order valence-corrected chi connectivity index (χ3v) is 5.44. The number of hydrogen-bond donors (Lipinski definition) is 1. The molecule has 0 bridgehead atoms. The molecule has 1 atom stereocenters. The van der Waals surface area contributed by atoms with Crippen LogP contribution in [0.25, 0.3) is 0 Å². The lowest BCUT2D eigenvalue weighted by Gasteiger charge is -2.24. The molecule has 23 heavy (non-hydrogen) atoms. The maximum atomic E-state index is 12.1. The first-order chi connectivity index (χ1) is 10.3. The number of aryl methyl sites for hydroxylation is 1. The predicted octanol–water partition coefficient (Wildman–Crippen LogP) is 3.17. The fourth-order valence-electron chi connectivity index (χ4n) is 2.06. The van der Waals surface area contributed by atoms with E-state index >= 15 is 0 Å². The Labute approximate surface area is 160 Å². The van der Waals surface area contributed by atoms with E-state index in [4.69, 9.17) is 0 Å². The highest BCUT2D eigenvalue weighted by Gasteiger charge is 2.19. The van der Waals surface area contributed by atoms with Gasteiger partial charge >= 0.3 is 0 Å². The standard InChI is InChI=1S/C17H29N3OS.HI/c1-14-9-7-8-10-15(14)13-20(6)16(18-5)19-11-12-22(21)17(2,3)4;/h7-10H,11-13H2,1-6H3,(H,18,19);1H. The molecule has 0 spiro atoms. The minimum atomic E-state index is -0.847. The van der Waals surface area contributed by atoms with Gasteiger partial charge in [0.2, 0.25) is 0 Å². The molecule has 0 saturated carbocycles. The summed E-state index contributed by atoms with van der Waals surface area (Å²) < 4.78 is 11.9. The molecule has 1 aromatic carbocycles. The maximum Gasteiger partial charge on any atom is 0.193 e. The van der Waals surface area contributed by atoms with E-state index in [-0.39, 0.29) is 28.7 Å². The lowest BCUT2D eigenvalue weighted by molar-refractivity contribution is 0.477. The highest BCUT2D eigenvalue weighted by molar-refractivity contribution is 14.0. The van der Waals surface area contributed by atoms with Gasteiger partial charge in [-0.25, -0.2) is 0 Å². The molecule has 0 fully saturated rings. The summed E-state index contributed by atoms with van der Waals surface area (Å²) >= 11 is 0. The van der Waals surface area contributed by atoms with Gasteiger partial charge in [0.05, 0.1) is 0 Å². The van der Waals surface area contributed by atoms with Gasteiger partial charge in [-0.2, -0.15) is 0 Å².